The zero-order valence-corrected chi connectivity index (χ0v) is 22.5. The Morgan fingerprint density at radius 3 is 0.750 bits per heavy atom. The van der Waals surface area contributed by atoms with Crippen LogP contribution in [0.25, 0.3) is 0 Å². The number of halogens is 6. The van der Waals surface area contributed by atoms with Crippen molar-refractivity contribution >= 4 is 120 Å². The largest absolute Gasteiger partial charge is 3.00 e. The molecule has 11 heteroatoms. The Bertz CT molecular complexity index is 116. The molecule has 0 aromatic heterocycles. The van der Waals surface area contributed by atoms with Crippen LogP contribution in [0.2, 0.25) is 0 Å². The standard InChI is InChI=1S/3C3H5Br2O.H2O.Sb/c3*4-1-3(5)2-6;;/h3*3H,1-2H2;1H2;/q3*-1;;+3. The Morgan fingerprint density at radius 1 is 0.600 bits per heavy atom. The van der Waals surface area contributed by atoms with Crippen molar-refractivity contribution < 1.29 is 20.8 Å². The minimum Gasteiger partial charge on any atom is -0.854 e. The van der Waals surface area contributed by atoms with E-state index < -0.39 is 0 Å². The molecule has 0 rings (SSSR count). The van der Waals surface area contributed by atoms with E-state index in [0.29, 0.717) is 0 Å². The summed E-state index contributed by atoms with van der Waals surface area (Å²) in [6.07, 6.45) is 0. The first-order valence-corrected chi connectivity index (χ1v) is 10.9. The summed E-state index contributed by atoms with van der Waals surface area (Å²) >= 11 is 18.7. The molecule has 3 unspecified atom stereocenters. The van der Waals surface area contributed by atoms with E-state index in [4.69, 9.17) is 0 Å². The third-order valence-electron chi connectivity index (χ3n) is 1.04. The van der Waals surface area contributed by atoms with Crippen molar-refractivity contribution in [2.75, 3.05) is 35.8 Å². The molecule has 0 saturated carbocycles. The summed E-state index contributed by atoms with van der Waals surface area (Å²) in [6, 6.07) is 0. The first-order chi connectivity index (χ1) is 8.42. The van der Waals surface area contributed by atoms with Gasteiger partial charge < -0.3 is 20.8 Å². The van der Waals surface area contributed by atoms with Crippen LogP contribution in [0.1, 0.15) is 0 Å². The van der Waals surface area contributed by atoms with E-state index in [0.717, 1.165) is 16.0 Å². The van der Waals surface area contributed by atoms with Gasteiger partial charge in [0.25, 0.3) is 0 Å². The van der Waals surface area contributed by atoms with Gasteiger partial charge in [0.2, 0.25) is 0 Å². The molecule has 4 nitrogen and oxygen atoms in total. The van der Waals surface area contributed by atoms with Crippen molar-refractivity contribution in [3.05, 3.63) is 0 Å². The fraction of sp³-hybridized carbons (Fsp3) is 1.00. The second kappa shape index (κ2) is 30.4. The predicted molar refractivity (Wildman–Crippen MR) is 103 cm³/mol. The summed E-state index contributed by atoms with van der Waals surface area (Å²) in [4.78, 5) is 0.326. The van der Waals surface area contributed by atoms with Crippen LogP contribution >= 0.6 is 95.6 Å². The molecule has 2 N–H and O–H groups in total. The van der Waals surface area contributed by atoms with E-state index in [1.54, 1.807) is 0 Å². The molecule has 0 aromatic rings. The smallest absolute Gasteiger partial charge is 0.854 e. The average Bonchev–Trinajstić information content (AvgIpc) is 2.45. The summed E-state index contributed by atoms with van der Waals surface area (Å²) in [6.45, 7) is -0.151. The second-order valence-corrected chi connectivity index (χ2v) is 8.58. The normalized spacial score (nSPS) is 13.1. The fourth-order valence-corrected chi connectivity index (χ4v) is 0.694. The van der Waals surface area contributed by atoms with E-state index in [-0.39, 0.29) is 64.2 Å². The van der Waals surface area contributed by atoms with Crippen LogP contribution in [0.5, 0.6) is 0 Å². The molecule has 124 valence electrons. The Labute approximate surface area is 188 Å². The van der Waals surface area contributed by atoms with Crippen molar-refractivity contribution in [1.82, 2.24) is 0 Å². The molecule has 2 radical (unpaired) electrons. The zero-order valence-electron chi connectivity index (χ0n) is 10.4. The maximum Gasteiger partial charge on any atom is 3.00 e. The second-order valence-electron chi connectivity index (χ2n) is 2.75. The molecule has 0 aliphatic carbocycles. The molecule has 0 aliphatic rings. The van der Waals surface area contributed by atoms with Gasteiger partial charge in [0.1, 0.15) is 0 Å². The van der Waals surface area contributed by atoms with Crippen molar-refractivity contribution in [3.63, 3.8) is 0 Å². The van der Waals surface area contributed by atoms with Gasteiger partial charge in [-0.2, -0.15) is 0 Å². The van der Waals surface area contributed by atoms with Crippen LogP contribution in [0.15, 0.2) is 0 Å². The number of hydrogen-bond donors (Lipinski definition) is 0. The third-order valence-corrected chi connectivity index (χ3v) is 7.76. The van der Waals surface area contributed by atoms with Crippen LogP contribution in [-0.2, 0) is 0 Å². The SMILES string of the molecule is O.[O-]CC(Br)CBr.[O-]CC(Br)CBr.[O-]CC(Br)CBr.[Sb+3]. The Balaban J connectivity index is -0.0000000536. The summed E-state index contributed by atoms with van der Waals surface area (Å²) in [5.41, 5.74) is 0. The summed E-state index contributed by atoms with van der Waals surface area (Å²) in [5.74, 6) is 0. The van der Waals surface area contributed by atoms with Gasteiger partial charge >= 0.3 is 24.4 Å². The van der Waals surface area contributed by atoms with Gasteiger partial charge in [-0.1, -0.05) is 95.6 Å². The van der Waals surface area contributed by atoms with E-state index in [2.05, 4.69) is 95.6 Å². The minimum absolute atomic E-state index is 0. The molecule has 3 atom stereocenters. The van der Waals surface area contributed by atoms with Gasteiger partial charge in [-0.3, -0.25) is 0 Å². The molecular weight excluding hydrogens is 773 g/mol. The first-order valence-electron chi connectivity index (χ1n) is 4.77. The van der Waals surface area contributed by atoms with Gasteiger partial charge in [-0.05, 0) is 0 Å². The van der Waals surface area contributed by atoms with Crippen molar-refractivity contribution in [2.45, 2.75) is 14.5 Å². The van der Waals surface area contributed by atoms with Crippen LogP contribution in [0, 0.1) is 0 Å². The molecule has 0 spiro atoms. The van der Waals surface area contributed by atoms with Crippen LogP contribution < -0.4 is 15.3 Å². The van der Waals surface area contributed by atoms with Gasteiger partial charge in [-0.15, -0.1) is 19.8 Å². The molecule has 0 aromatic carbocycles. The zero-order chi connectivity index (χ0) is 15.0. The topological polar surface area (TPSA) is 101 Å². The average molecular weight is 790 g/mol. The summed E-state index contributed by atoms with van der Waals surface area (Å²) < 4.78 is 0. The van der Waals surface area contributed by atoms with Gasteiger partial charge in [0, 0.05) is 30.5 Å². The maximum atomic E-state index is 9.78. The van der Waals surface area contributed by atoms with Crippen LogP contribution in [0.3, 0.4) is 0 Å². The summed E-state index contributed by atoms with van der Waals surface area (Å²) in [5, 5.41) is 31.6. The fourth-order valence-electron chi connectivity index (χ4n) is 0.134. The Morgan fingerprint density at radius 2 is 0.750 bits per heavy atom. The van der Waals surface area contributed by atoms with Gasteiger partial charge in [0.15, 0.2) is 0 Å². The third kappa shape index (κ3) is 37.6. The molecule has 0 aliphatic heterocycles. The minimum atomic E-state index is -0.0503. The predicted octanol–water partition coefficient (Wildman–Crippen LogP) is 0.310. The molecule has 0 heterocycles. The van der Waals surface area contributed by atoms with E-state index in [1.165, 1.54) is 0 Å². The van der Waals surface area contributed by atoms with E-state index >= 15 is 0 Å². The van der Waals surface area contributed by atoms with Crippen LogP contribution in [-0.4, -0.2) is 80.2 Å². The Hall–Kier alpha value is 3.54. The molecule has 0 amide bonds. The number of hydrogen-bond acceptors (Lipinski definition) is 3. The van der Waals surface area contributed by atoms with E-state index in [9.17, 15) is 15.3 Å². The molecular formula is C9H17Br6O4Sb. The van der Waals surface area contributed by atoms with Crippen LogP contribution in [0.4, 0.5) is 0 Å². The number of rotatable bonds is 6. The van der Waals surface area contributed by atoms with Gasteiger partial charge in [0.05, 0.1) is 0 Å². The molecule has 0 saturated heterocycles. The molecule has 20 heavy (non-hydrogen) atoms. The van der Waals surface area contributed by atoms with Crippen molar-refractivity contribution in [3.8, 4) is 0 Å². The van der Waals surface area contributed by atoms with Gasteiger partial charge in [-0.25, -0.2) is 0 Å². The monoisotopic (exact) mass is 784 g/mol. The van der Waals surface area contributed by atoms with Crippen molar-refractivity contribution in [1.29, 1.82) is 0 Å². The molecule has 0 fully saturated rings. The number of alkyl halides is 6. The first kappa shape index (κ1) is 34.8. The molecule has 0 bridgehead atoms. The Kier molecular flexibility index (Phi) is 52.9. The summed E-state index contributed by atoms with van der Waals surface area (Å²) in [7, 11) is 0. The van der Waals surface area contributed by atoms with E-state index in [1.807, 2.05) is 0 Å². The van der Waals surface area contributed by atoms with Crippen molar-refractivity contribution in [2.24, 2.45) is 0 Å². The quantitative estimate of drug-likeness (QED) is 0.287. The maximum absolute atomic E-state index is 9.78.